The number of rotatable bonds is 8. The van der Waals surface area contributed by atoms with E-state index in [9.17, 15) is 29.4 Å². The molecule has 1 saturated heterocycles. The van der Waals surface area contributed by atoms with Gasteiger partial charge in [0.1, 0.15) is 12.1 Å². The topological polar surface area (TPSA) is 182 Å². The number of carboxylic acids is 1. The van der Waals surface area contributed by atoms with Crippen LogP contribution >= 0.6 is 0 Å². The molecule has 0 radical (unpaired) electrons. The summed E-state index contributed by atoms with van der Waals surface area (Å²) in [5.74, 6) is -3.30. The van der Waals surface area contributed by atoms with Crippen LogP contribution in [-0.2, 0) is 19.2 Å². The Hall–Kier alpha value is -2.24. The van der Waals surface area contributed by atoms with Gasteiger partial charge in [0.25, 0.3) is 0 Å². The maximum absolute atomic E-state index is 12.3. The molecule has 0 bridgehead atoms. The average molecular weight is 374 g/mol. The largest absolute Gasteiger partial charge is 0.480 e. The molecule has 0 aliphatic carbocycles. The first-order valence-electron chi connectivity index (χ1n) is 8.28. The number of hydrogen-bond acceptors (Lipinski definition) is 7. The molecular formula is C15H26N4O7. The lowest BCUT2D eigenvalue weighted by Crippen LogP contribution is -2.55. The quantitative estimate of drug-likeness (QED) is 0.256. The fraction of sp³-hybridized carbons (Fsp3) is 0.733. The molecule has 1 rings (SSSR count). The van der Waals surface area contributed by atoms with E-state index in [0.29, 0.717) is 12.8 Å². The van der Waals surface area contributed by atoms with E-state index >= 15 is 0 Å². The first kappa shape index (κ1) is 21.8. The van der Waals surface area contributed by atoms with Gasteiger partial charge in [-0.05, 0) is 26.7 Å². The summed E-state index contributed by atoms with van der Waals surface area (Å²) in [7, 11) is 0. The van der Waals surface area contributed by atoms with Gasteiger partial charge in [-0.15, -0.1) is 0 Å². The highest BCUT2D eigenvalue weighted by molar-refractivity contribution is 5.93. The Kier molecular flexibility index (Phi) is 7.93. The molecule has 148 valence electrons. The monoisotopic (exact) mass is 374 g/mol. The number of aliphatic hydroxyl groups is 2. The van der Waals surface area contributed by atoms with Gasteiger partial charge in [0.05, 0.1) is 18.8 Å². The number of likely N-dealkylation sites (tertiary alicyclic amines) is 1. The van der Waals surface area contributed by atoms with Crippen LogP contribution in [0.2, 0.25) is 0 Å². The van der Waals surface area contributed by atoms with Gasteiger partial charge in [-0.3, -0.25) is 14.4 Å². The second kappa shape index (κ2) is 9.46. The summed E-state index contributed by atoms with van der Waals surface area (Å²) in [6.45, 7) is 2.45. The number of carbonyl (C=O) groups is 4. The van der Waals surface area contributed by atoms with E-state index < -0.39 is 60.6 Å². The molecule has 1 aliphatic heterocycles. The van der Waals surface area contributed by atoms with Gasteiger partial charge in [0.15, 0.2) is 6.04 Å². The number of aliphatic carboxylic acids is 1. The van der Waals surface area contributed by atoms with E-state index in [1.807, 2.05) is 0 Å². The number of hydrogen-bond donors (Lipinski definition) is 6. The first-order chi connectivity index (χ1) is 12.1. The zero-order valence-electron chi connectivity index (χ0n) is 14.7. The molecule has 1 heterocycles. The van der Waals surface area contributed by atoms with Crippen molar-refractivity contribution in [2.75, 3.05) is 13.1 Å². The van der Waals surface area contributed by atoms with Crippen LogP contribution in [0.25, 0.3) is 0 Å². The number of carboxylic acid groups (broad SMARTS) is 1. The van der Waals surface area contributed by atoms with Crippen LogP contribution in [0.3, 0.4) is 0 Å². The average Bonchev–Trinajstić information content (AvgIpc) is 3.05. The van der Waals surface area contributed by atoms with Gasteiger partial charge in [0.2, 0.25) is 17.7 Å². The van der Waals surface area contributed by atoms with Crippen molar-refractivity contribution in [1.82, 2.24) is 15.5 Å². The van der Waals surface area contributed by atoms with Crippen LogP contribution < -0.4 is 16.4 Å². The minimum atomic E-state index is -1.48. The highest BCUT2D eigenvalue weighted by atomic mass is 16.4. The number of amides is 3. The molecule has 7 N–H and O–H groups in total. The van der Waals surface area contributed by atoms with Crippen molar-refractivity contribution in [2.45, 2.75) is 57.0 Å². The molecule has 11 heteroatoms. The van der Waals surface area contributed by atoms with Crippen molar-refractivity contribution in [3.63, 3.8) is 0 Å². The van der Waals surface area contributed by atoms with Crippen molar-refractivity contribution >= 4 is 23.7 Å². The summed E-state index contributed by atoms with van der Waals surface area (Å²) in [5, 5.41) is 32.2. The minimum absolute atomic E-state index is 0.279. The van der Waals surface area contributed by atoms with Crippen molar-refractivity contribution in [1.29, 1.82) is 0 Å². The predicted octanol–water partition coefficient (Wildman–Crippen LogP) is -3.25. The second-order valence-electron chi connectivity index (χ2n) is 6.29. The Morgan fingerprint density at radius 3 is 2.31 bits per heavy atom. The van der Waals surface area contributed by atoms with Crippen LogP contribution in [0, 0.1) is 0 Å². The van der Waals surface area contributed by atoms with Crippen LogP contribution in [0.4, 0.5) is 0 Å². The Labute approximate surface area is 150 Å². The van der Waals surface area contributed by atoms with Crippen LogP contribution in [0.15, 0.2) is 0 Å². The fourth-order valence-corrected chi connectivity index (χ4v) is 2.58. The van der Waals surface area contributed by atoms with E-state index in [2.05, 4.69) is 10.6 Å². The summed E-state index contributed by atoms with van der Waals surface area (Å²) >= 11 is 0. The van der Waals surface area contributed by atoms with Gasteiger partial charge in [-0.2, -0.15) is 0 Å². The van der Waals surface area contributed by atoms with Crippen molar-refractivity contribution in [3.05, 3.63) is 0 Å². The van der Waals surface area contributed by atoms with E-state index in [1.165, 1.54) is 18.7 Å². The van der Waals surface area contributed by atoms with Crippen LogP contribution in [0.5, 0.6) is 0 Å². The molecule has 1 fully saturated rings. The third-order valence-electron chi connectivity index (χ3n) is 4.16. The van der Waals surface area contributed by atoms with E-state index in [0.717, 1.165) is 0 Å². The molecule has 5 atom stereocenters. The summed E-state index contributed by atoms with van der Waals surface area (Å²) in [4.78, 5) is 48.6. The molecule has 5 unspecified atom stereocenters. The molecular weight excluding hydrogens is 348 g/mol. The Bertz CT molecular complexity index is 552. The summed E-state index contributed by atoms with van der Waals surface area (Å²) in [5.41, 5.74) is 5.46. The van der Waals surface area contributed by atoms with Gasteiger partial charge >= 0.3 is 5.97 Å². The van der Waals surface area contributed by atoms with Crippen molar-refractivity contribution in [2.24, 2.45) is 5.73 Å². The number of carbonyl (C=O) groups excluding carboxylic acids is 3. The standard InChI is InChI=1S/C15H26N4O7/c1-7(20)11(16)14(24)17-6-10(22)19-5-3-4-9(19)13(23)18-12(8(2)21)15(25)26/h7-9,11-12,20-21H,3-6,16H2,1-2H3,(H,17,24)(H,18,23)(H,25,26). The van der Waals surface area contributed by atoms with Gasteiger partial charge < -0.3 is 36.6 Å². The molecule has 26 heavy (non-hydrogen) atoms. The molecule has 0 spiro atoms. The fourth-order valence-electron chi connectivity index (χ4n) is 2.58. The number of aliphatic hydroxyl groups excluding tert-OH is 2. The lowest BCUT2D eigenvalue weighted by Gasteiger charge is -2.26. The van der Waals surface area contributed by atoms with Gasteiger partial charge in [0, 0.05) is 6.54 Å². The minimum Gasteiger partial charge on any atom is -0.480 e. The molecule has 11 nitrogen and oxygen atoms in total. The zero-order valence-corrected chi connectivity index (χ0v) is 14.7. The third-order valence-corrected chi connectivity index (χ3v) is 4.16. The van der Waals surface area contributed by atoms with Crippen LogP contribution in [-0.4, -0.2) is 87.3 Å². The lowest BCUT2D eigenvalue weighted by atomic mass is 10.1. The Balaban J connectivity index is 2.66. The number of nitrogens with two attached hydrogens (primary N) is 1. The highest BCUT2D eigenvalue weighted by Crippen LogP contribution is 2.17. The normalized spacial score (nSPS) is 21.4. The third kappa shape index (κ3) is 5.64. The summed E-state index contributed by atoms with van der Waals surface area (Å²) in [6, 6.07) is -3.54. The maximum atomic E-state index is 12.3. The smallest absolute Gasteiger partial charge is 0.328 e. The summed E-state index contributed by atoms with van der Waals surface area (Å²) in [6.07, 6.45) is -1.51. The summed E-state index contributed by atoms with van der Waals surface area (Å²) < 4.78 is 0. The predicted molar refractivity (Wildman–Crippen MR) is 88.6 cm³/mol. The Morgan fingerprint density at radius 1 is 1.19 bits per heavy atom. The number of nitrogens with zero attached hydrogens (tertiary/aromatic N) is 1. The molecule has 0 aromatic carbocycles. The van der Waals surface area contributed by atoms with Gasteiger partial charge in [-0.1, -0.05) is 0 Å². The molecule has 0 aromatic rings. The Morgan fingerprint density at radius 2 is 1.81 bits per heavy atom. The van der Waals surface area contributed by atoms with E-state index in [4.69, 9.17) is 10.8 Å². The number of nitrogens with one attached hydrogen (secondary N) is 2. The lowest BCUT2D eigenvalue weighted by molar-refractivity contribution is -0.146. The first-order valence-corrected chi connectivity index (χ1v) is 8.28. The maximum Gasteiger partial charge on any atom is 0.328 e. The second-order valence-corrected chi connectivity index (χ2v) is 6.29. The van der Waals surface area contributed by atoms with E-state index in [-0.39, 0.29) is 6.54 Å². The SMILES string of the molecule is CC(O)C(N)C(=O)NCC(=O)N1CCCC1C(=O)NC(C(=O)O)C(C)O. The van der Waals surface area contributed by atoms with Crippen molar-refractivity contribution < 1.29 is 34.5 Å². The molecule has 3 amide bonds. The molecule has 1 aliphatic rings. The van der Waals surface area contributed by atoms with Crippen LogP contribution in [0.1, 0.15) is 26.7 Å². The highest BCUT2D eigenvalue weighted by Gasteiger charge is 2.36. The van der Waals surface area contributed by atoms with Crippen molar-refractivity contribution in [3.8, 4) is 0 Å². The molecule has 0 aromatic heterocycles. The zero-order chi connectivity index (χ0) is 20.0. The van der Waals surface area contributed by atoms with E-state index in [1.54, 1.807) is 0 Å². The molecule has 0 saturated carbocycles. The van der Waals surface area contributed by atoms with Gasteiger partial charge in [-0.25, -0.2) is 4.79 Å².